The van der Waals surface area contributed by atoms with Crippen LogP contribution in [-0.4, -0.2) is 72.8 Å². The molecular formula is C48H64N2O12. The fourth-order valence-electron chi connectivity index (χ4n) is 12.5. The first-order valence-electron chi connectivity index (χ1n) is 23.3. The zero-order chi connectivity index (χ0) is 43.0. The number of hydrogen-bond donors (Lipinski definition) is 2. The highest BCUT2D eigenvalue weighted by atomic mass is 17.3. The molecular weight excluding hydrogens is 797 g/mol. The Morgan fingerprint density at radius 3 is 1.37 bits per heavy atom. The second-order valence-corrected chi connectivity index (χ2v) is 20.1. The fraction of sp³-hybridized carbons (Fsp3) is 0.708. The fourth-order valence-corrected chi connectivity index (χ4v) is 12.5. The van der Waals surface area contributed by atoms with Gasteiger partial charge in [0, 0.05) is 60.7 Å². The Balaban J connectivity index is 0.660. The van der Waals surface area contributed by atoms with Crippen LogP contribution in [0.1, 0.15) is 126 Å². The molecule has 14 nitrogen and oxygen atoms in total. The molecule has 8 aliphatic heterocycles. The van der Waals surface area contributed by atoms with E-state index in [1.54, 1.807) is 48.5 Å². The molecule has 8 saturated heterocycles. The van der Waals surface area contributed by atoms with Gasteiger partial charge in [0.05, 0.1) is 0 Å². The van der Waals surface area contributed by atoms with E-state index >= 15 is 0 Å². The minimum atomic E-state index is -0.846. The summed E-state index contributed by atoms with van der Waals surface area (Å²) in [7, 11) is 0. The summed E-state index contributed by atoms with van der Waals surface area (Å²) in [5, 5.41) is 5.98. The smallest absolute Gasteiger partial charge is 0.251 e. The molecule has 8 heterocycles. The molecule has 2 spiro atoms. The van der Waals surface area contributed by atoms with Gasteiger partial charge in [0.2, 0.25) is 24.2 Å². The van der Waals surface area contributed by atoms with Crippen molar-refractivity contribution in [3.63, 3.8) is 0 Å². The van der Waals surface area contributed by atoms with E-state index in [9.17, 15) is 9.59 Å². The zero-order valence-electron chi connectivity index (χ0n) is 36.9. The molecule has 2 aliphatic carbocycles. The summed E-state index contributed by atoms with van der Waals surface area (Å²) in [4.78, 5) is 50.3. The molecule has 0 aromatic heterocycles. The van der Waals surface area contributed by atoms with E-state index in [1.165, 1.54) is 0 Å². The summed E-state index contributed by atoms with van der Waals surface area (Å²) in [5.74, 6) is 1.16. The number of hydrogen-bond acceptors (Lipinski definition) is 12. The number of rotatable bonds is 11. The average molecular weight is 861 g/mol. The summed E-state index contributed by atoms with van der Waals surface area (Å²) < 4.78 is 38.9. The first-order chi connectivity index (χ1) is 29.8. The average Bonchev–Trinajstić information content (AvgIpc) is 3.64. The minimum absolute atomic E-state index is 0.0381. The summed E-state index contributed by atoms with van der Waals surface area (Å²) in [6.45, 7) is 13.7. The maximum Gasteiger partial charge on any atom is 0.251 e. The molecule has 4 bridgehead atoms. The largest absolute Gasteiger partial charge is 0.465 e. The van der Waals surface area contributed by atoms with E-state index in [0.29, 0.717) is 60.4 Å². The standard InChI is InChI=1S/C48H64N2O12/c1-27-9-19-37-29(3)41(55-43-47(37)35(27)21-23-45(5,57-43)59-61-47)53-33-15-11-31(12-16-33)39(51)49-25-7-8-26-50-40(52)32-13-17-34(18-14-32)54-42-30(4)38-20-10-28(2)36-22-24-46(6)58-44(56-42)48(36,38)62-60-46/h11-18,27-30,35-38,41-44H,7-10,19-26H2,1-6H3,(H,49,51)(H,50,52)/t27-,28-,29-,30-,35?,36?,37?,38?,41+,42+,43?,44?,45-,46-,47-,48-/m1/s1. The van der Waals surface area contributed by atoms with Crippen molar-refractivity contribution in [2.75, 3.05) is 13.1 Å². The van der Waals surface area contributed by atoms with E-state index in [4.69, 9.17) is 48.0 Å². The highest BCUT2D eigenvalue weighted by Crippen LogP contribution is 2.62. The maximum absolute atomic E-state index is 13.0. The van der Waals surface area contributed by atoms with Crippen LogP contribution in [0.4, 0.5) is 0 Å². The third kappa shape index (κ3) is 7.24. The van der Waals surface area contributed by atoms with E-state index in [2.05, 4.69) is 38.3 Å². The second kappa shape index (κ2) is 16.3. The van der Waals surface area contributed by atoms with Crippen molar-refractivity contribution in [2.24, 2.45) is 47.3 Å². The van der Waals surface area contributed by atoms with Crippen molar-refractivity contribution in [3.8, 4) is 11.5 Å². The van der Waals surface area contributed by atoms with Crippen LogP contribution in [0, 0.1) is 47.3 Å². The van der Waals surface area contributed by atoms with Gasteiger partial charge in [-0.05, 0) is 137 Å². The van der Waals surface area contributed by atoms with Gasteiger partial charge < -0.3 is 39.1 Å². The van der Waals surface area contributed by atoms with Crippen molar-refractivity contribution in [3.05, 3.63) is 59.7 Å². The molecule has 12 rings (SSSR count). The summed E-state index contributed by atoms with van der Waals surface area (Å²) in [6.07, 6.45) is 6.85. The molecule has 0 radical (unpaired) electrons. The van der Waals surface area contributed by atoms with Gasteiger partial charge in [-0.1, -0.05) is 27.7 Å². The highest BCUT2D eigenvalue weighted by Gasteiger charge is 2.71. The van der Waals surface area contributed by atoms with Gasteiger partial charge in [-0.15, -0.1) is 0 Å². The first kappa shape index (κ1) is 42.6. The molecule has 2 saturated carbocycles. The minimum Gasteiger partial charge on any atom is -0.465 e. The van der Waals surface area contributed by atoms with Crippen LogP contribution in [0.25, 0.3) is 0 Å². The Kier molecular flexibility index (Phi) is 11.2. The number of nitrogens with one attached hydrogen (secondary N) is 2. The Hall–Kier alpha value is -3.34. The molecule has 2 N–H and O–H groups in total. The number of unbranched alkanes of at least 4 members (excludes halogenated alkanes) is 1. The van der Waals surface area contributed by atoms with E-state index in [-0.39, 0.29) is 47.3 Å². The van der Waals surface area contributed by atoms with Gasteiger partial charge in [-0.25, -0.2) is 19.6 Å². The number of carbonyl (C=O) groups is 2. The summed E-state index contributed by atoms with van der Waals surface area (Å²) in [6, 6.07) is 14.3. The molecule has 16 atom stereocenters. The van der Waals surface area contributed by atoms with E-state index < -0.39 is 47.9 Å². The molecule has 62 heavy (non-hydrogen) atoms. The Bertz CT molecular complexity index is 1830. The Morgan fingerprint density at radius 2 is 0.968 bits per heavy atom. The summed E-state index contributed by atoms with van der Waals surface area (Å²) >= 11 is 0. The van der Waals surface area contributed by atoms with Crippen LogP contribution in [0.3, 0.4) is 0 Å². The zero-order valence-corrected chi connectivity index (χ0v) is 36.9. The first-order valence-corrected chi connectivity index (χ1v) is 23.3. The Labute approximate surface area is 364 Å². The van der Waals surface area contributed by atoms with Gasteiger partial charge in [0.15, 0.2) is 23.8 Å². The van der Waals surface area contributed by atoms with Gasteiger partial charge in [0.25, 0.3) is 11.8 Å². The molecule has 338 valence electrons. The van der Waals surface area contributed by atoms with Crippen molar-refractivity contribution in [1.29, 1.82) is 0 Å². The molecule has 2 amide bonds. The highest BCUT2D eigenvalue weighted by molar-refractivity contribution is 5.94. The topological polar surface area (TPSA) is 150 Å². The number of ether oxygens (including phenoxy) is 6. The lowest BCUT2D eigenvalue weighted by molar-refractivity contribution is -0.575. The van der Waals surface area contributed by atoms with Crippen molar-refractivity contribution >= 4 is 11.8 Å². The third-order valence-corrected chi connectivity index (χ3v) is 16.1. The number of carbonyl (C=O) groups excluding carboxylic acids is 2. The molecule has 14 heteroatoms. The molecule has 6 unspecified atom stereocenters. The summed E-state index contributed by atoms with van der Waals surface area (Å²) in [5.41, 5.74) is -0.216. The number of amides is 2. The van der Waals surface area contributed by atoms with Crippen LogP contribution in [-0.2, 0) is 38.5 Å². The van der Waals surface area contributed by atoms with Crippen molar-refractivity contribution in [1.82, 2.24) is 10.6 Å². The van der Waals surface area contributed by atoms with Gasteiger partial charge >= 0.3 is 0 Å². The number of benzene rings is 2. The molecule has 2 aromatic rings. The van der Waals surface area contributed by atoms with Gasteiger partial charge in [-0.2, -0.15) is 0 Å². The lowest BCUT2D eigenvalue weighted by Gasteiger charge is -2.60. The number of fused-ring (bicyclic) bond motifs is 4. The Morgan fingerprint density at radius 1 is 0.565 bits per heavy atom. The van der Waals surface area contributed by atoms with Crippen LogP contribution in [0.5, 0.6) is 11.5 Å². The molecule has 10 aliphatic rings. The van der Waals surface area contributed by atoms with Crippen LogP contribution >= 0.6 is 0 Å². The predicted molar refractivity (Wildman–Crippen MR) is 222 cm³/mol. The lowest BCUT2D eigenvalue weighted by Crippen LogP contribution is -2.70. The molecule has 2 aromatic carbocycles. The second-order valence-electron chi connectivity index (χ2n) is 20.1. The lowest BCUT2D eigenvalue weighted by atomic mass is 9.58. The normalized spacial score (nSPS) is 43.9. The third-order valence-electron chi connectivity index (χ3n) is 16.1. The molecule has 10 fully saturated rings. The van der Waals surface area contributed by atoms with Crippen LogP contribution in [0.15, 0.2) is 48.5 Å². The van der Waals surface area contributed by atoms with Crippen molar-refractivity contribution < 1.29 is 57.6 Å². The maximum atomic E-state index is 13.0. The van der Waals surface area contributed by atoms with Crippen LogP contribution in [0.2, 0.25) is 0 Å². The quantitative estimate of drug-likeness (QED) is 0.168. The van der Waals surface area contributed by atoms with Gasteiger partial charge in [0.1, 0.15) is 11.5 Å². The predicted octanol–water partition coefficient (Wildman–Crippen LogP) is 7.80. The SMILES string of the molecule is C[C@@H]1CCC2[C@@H](C)[C@@H](Oc3ccc(C(=O)NCCCCNC(=O)c4ccc(O[C@H]5OC6O[C@@]7(C)CCC8[C@H](C)CCC([C@H]5C)[C@@]68OO7)cc4)cc3)OC3O[C@@]4(C)CCC1[C@]32OO4. The monoisotopic (exact) mass is 860 g/mol. The van der Waals surface area contributed by atoms with Crippen LogP contribution < -0.4 is 20.1 Å². The van der Waals surface area contributed by atoms with Crippen molar-refractivity contribution in [2.45, 2.75) is 154 Å². The van der Waals surface area contributed by atoms with E-state index in [1.807, 2.05) is 13.8 Å². The van der Waals surface area contributed by atoms with Gasteiger partial charge in [-0.3, -0.25) is 9.59 Å². The van der Waals surface area contributed by atoms with E-state index in [0.717, 1.165) is 51.4 Å².